The van der Waals surface area contributed by atoms with E-state index in [4.69, 9.17) is 0 Å². The molecule has 5 rings (SSSR count). The zero-order chi connectivity index (χ0) is 23.0. The van der Waals surface area contributed by atoms with Crippen LogP contribution in [0.1, 0.15) is 40.7 Å². The van der Waals surface area contributed by atoms with Crippen LogP contribution in [0.15, 0.2) is 30.6 Å². The predicted molar refractivity (Wildman–Crippen MR) is 118 cm³/mol. The molecule has 0 spiro atoms. The minimum atomic E-state index is -4.31. The molecule has 2 heterocycles. The highest BCUT2D eigenvalue weighted by atomic mass is 19.4. The van der Waals surface area contributed by atoms with Crippen LogP contribution in [0.25, 0.3) is 11.4 Å². The van der Waals surface area contributed by atoms with Gasteiger partial charge in [-0.2, -0.15) is 23.2 Å². The summed E-state index contributed by atoms with van der Waals surface area (Å²) in [6.07, 6.45) is 1.85. The van der Waals surface area contributed by atoms with Crippen molar-refractivity contribution in [3.05, 3.63) is 58.4 Å². The SMILES string of the molecule is N#Cc1c2ncnn(N3CCN(CCc4cccc(C(F)(F)F)c4)CC3)c-2c2c1CCCC2. The summed E-state index contributed by atoms with van der Waals surface area (Å²) in [5.41, 5.74) is 4.84. The lowest BCUT2D eigenvalue weighted by molar-refractivity contribution is -0.137. The Morgan fingerprint density at radius 2 is 1.79 bits per heavy atom. The van der Waals surface area contributed by atoms with E-state index >= 15 is 0 Å². The second-order valence-corrected chi connectivity index (χ2v) is 8.74. The molecular formula is C24H25F3N6. The number of halogens is 3. The molecule has 0 unspecified atom stereocenters. The first-order chi connectivity index (χ1) is 16.0. The van der Waals surface area contributed by atoms with Crippen molar-refractivity contribution >= 4 is 0 Å². The minimum Gasteiger partial charge on any atom is -0.299 e. The van der Waals surface area contributed by atoms with E-state index in [0.29, 0.717) is 24.1 Å². The van der Waals surface area contributed by atoms with Crippen LogP contribution in [0, 0.1) is 11.3 Å². The highest BCUT2D eigenvalue weighted by molar-refractivity contribution is 5.76. The molecule has 0 amide bonds. The molecule has 172 valence electrons. The van der Waals surface area contributed by atoms with Crippen LogP contribution in [-0.2, 0) is 25.4 Å². The van der Waals surface area contributed by atoms with Gasteiger partial charge in [-0.1, -0.05) is 18.2 Å². The van der Waals surface area contributed by atoms with Crippen molar-refractivity contribution in [3.63, 3.8) is 0 Å². The summed E-state index contributed by atoms with van der Waals surface area (Å²) >= 11 is 0. The second kappa shape index (κ2) is 8.67. The molecule has 0 N–H and O–H groups in total. The van der Waals surface area contributed by atoms with Crippen LogP contribution in [0.5, 0.6) is 0 Å². The zero-order valence-electron chi connectivity index (χ0n) is 18.3. The first-order valence-corrected chi connectivity index (χ1v) is 11.4. The minimum absolute atomic E-state index is 0.580. The number of benzene rings is 1. The molecule has 0 radical (unpaired) electrons. The summed E-state index contributed by atoms with van der Waals surface area (Å²) in [4.78, 5) is 8.65. The van der Waals surface area contributed by atoms with Gasteiger partial charge in [0.15, 0.2) is 0 Å². The maximum Gasteiger partial charge on any atom is 0.416 e. The van der Waals surface area contributed by atoms with E-state index in [1.807, 2.05) is 4.79 Å². The summed E-state index contributed by atoms with van der Waals surface area (Å²) in [7, 11) is 0. The molecule has 33 heavy (non-hydrogen) atoms. The van der Waals surface area contributed by atoms with Crippen LogP contribution in [-0.4, -0.2) is 52.5 Å². The molecule has 1 aromatic rings. The van der Waals surface area contributed by atoms with Gasteiger partial charge in [0, 0.05) is 32.7 Å². The summed E-state index contributed by atoms with van der Waals surface area (Å²) in [5, 5.41) is 16.4. The number of hydrogen-bond donors (Lipinski definition) is 0. The number of hydrogen-bond acceptors (Lipinski definition) is 5. The van der Waals surface area contributed by atoms with Gasteiger partial charge in [0.25, 0.3) is 0 Å². The van der Waals surface area contributed by atoms with Gasteiger partial charge in [0.2, 0.25) is 0 Å². The molecule has 1 aromatic carbocycles. The molecule has 1 saturated heterocycles. The summed E-state index contributed by atoms with van der Waals surface area (Å²) in [6.45, 7) is 3.81. The standard InChI is InChI=1S/C24H25F3N6/c25-24(26,27)18-5-3-4-17(14-18)8-9-31-10-12-32(13-11-31)33-23-20-7-2-1-6-19(20)21(15-28)22(23)29-16-30-33/h3-5,14,16H,1-2,6-13H2. The fourth-order valence-electron chi connectivity index (χ4n) is 5.05. The third-order valence-corrected chi connectivity index (χ3v) is 6.76. The quantitative estimate of drug-likeness (QED) is 0.602. The average molecular weight is 455 g/mol. The molecule has 0 aromatic heterocycles. The molecule has 2 aliphatic heterocycles. The van der Waals surface area contributed by atoms with E-state index in [1.54, 1.807) is 6.07 Å². The largest absolute Gasteiger partial charge is 0.416 e. The molecule has 9 heteroatoms. The first-order valence-electron chi connectivity index (χ1n) is 11.4. The highest BCUT2D eigenvalue weighted by Crippen LogP contribution is 2.39. The number of fused-ring (bicyclic) bond motifs is 3. The Morgan fingerprint density at radius 1 is 1.03 bits per heavy atom. The van der Waals surface area contributed by atoms with Crippen molar-refractivity contribution in [2.24, 2.45) is 0 Å². The normalized spacial score (nSPS) is 17.2. The van der Waals surface area contributed by atoms with Crippen LogP contribution in [0.3, 0.4) is 0 Å². The molecule has 1 fully saturated rings. The fourth-order valence-corrected chi connectivity index (χ4v) is 5.05. The van der Waals surface area contributed by atoms with Gasteiger partial charge in [-0.3, -0.25) is 9.91 Å². The van der Waals surface area contributed by atoms with E-state index in [1.165, 1.54) is 24.0 Å². The maximum atomic E-state index is 13.0. The Balaban J connectivity index is 1.27. The second-order valence-electron chi connectivity index (χ2n) is 8.74. The molecule has 6 nitrogen and oxygen atoms in total. The molecule has 0 saturated carbocycles. The third-order valence-electron chi connectivity index (χ3n) is 6.76. The van der Waals surface area contributed by atoms with Gasteiger partial charge in [-0.25, -0.2) is 4.98 Å². The number of nitrogens with zero attached hydrogens (tertiary/aromatic N) is 6. The number of aromatic nitrogens is 3. The van der Waals surface area contributed by atoms with E-state index in [-0.39, 0.29) is 0 Å². The van der Waals surface area contributed by atoms with E-state index in [0.717, 1.165) is 74.9 Å². The van der Waals surface area contributed by atoms with Gasteiger partial charge in [-0.05, 0) is 54.9 Å². The van der Waals surface area contributed by atoms with Gasteiger partial charge >= 0.3 is 6.18 Å². The third kappa shape index (κ3) is 4.15. The lowest BCUT2D eigenvalue weighted by Crippen LogP contribution is -2.52. The fraction of sp³-hybridized carbons (Fsp3) is 0.458. The van der Waals surface area contributed by atoms with E-state index in [2.05, 4.69) is 26.1 Å². The topological polar surface area (TPSA) is 61.0 Å². The lowest BCUT2D eigenvalue weighted by atomic mass is 9.94. The number of alkyl halides is 3. The molecular weight excluding hydrogens is 429 g/mol. The maximum absolute atomic E-state index is 13.0. The lowest BCUT2D eigenvalue weighted by Gasteiger charge is -2.37. The van der Waals surface area contributed by atoms with Crippen molar-refractivity contribution in [1.82, 2.24) is 19.8 Å². The van der Waals surface area contributed by atoms with Crippen LogP contribution >= 0.6 is 0 Å². The van der Waals surface area contributed by atoms with Crippen molar-refractivity contribution in [1.29, 1.82) is 5.26 Å². The van der Waals surface area contributed by atoms with Crippen molar-refractivity contribution < 1.29 is 13.2 Å². The Morgan fingerprint density at radius 3 is 2.52 bits per heavy atom. The summed E-state index contributed by atoms with van der Waals surface area (Å²) < 4.78 is 38.9. The van der Waals surface area contributed by atoms with Crippen LogP contribution in [0.2, 0.25) is 0 Å². The zero-order valence-corrected chi connectivity index (χ0v) is 18.3. The highest BCUT2D eigenvalue weighted by Gasteiger charge is 2.32. The smallest absolute Gasteiger partial charge is 0.299 e. The van der Waals surface area contributed by atoms with Gasteiger partial charge in [0.05, 0.1) is 11.1 Å². The van der Waals surface area contributed by atoms with Crippen molar-refractivity contribution in [2.45, 2.75) is 38.3 Å². The van der Waals surface area contributed by atoms with Crippen molar-refractivity contribution in [3.8, 4) is 17.5 Å². The predicted octanol–water partition coefficient (Wildman–Crippen LogP) is 3.65. The monoisotopic (exact) mass is 454 g/mol. The van der Waals surface area contributed by atoms with Gasteiger partial charge in [-0.15, -0.1) is 5.10 Å². The van der Waals surface area contributed by atoms with E-state index < -0.39 is 11.7 Å². The molecule has 2 aliphatic carbocycles. The first kappa shape index (κ1) is 21.7. The number of nitriles is 1. The number of rotatable bonds is 4. The van der Waals surface area contributed by atoms with Gasteiger partial charge in [0.1, 0.15) is 23.8 Å². The van der Waals surface area contributed by atoms with Crippen LogP contribution < -0.4 is 5.01 Å². The van der Waals surface area contributed by atoms with Gasteiger partial charge < -0.3 is 0 Å². The average Bonchev–Trinajstić information content (AvgIpc) is 3.16. The Labute approximate surface area is 190 Å². The summed E-state index contributed by atoms with van der Waals surface area (Å²) in [6, 6.07) is 7.95. The molecule has 4 aliphatic rings. The van der Waals surface area contributed by atoms with E-state index in [9.17, 15) is 18.4 Å². The van der Waals surface area contributed by atoms with Crippen LogP contribution in [0.4, 0.5) is 13.2 Å². The Bertz CT molecular complexity index is 1150. The number of piperazine rings is 1. The molecule has 0 bridgehead atoms. The molecule has 0 atom stereocenters. The Hall–Kier alpha value is -3.12. The summed E-state index contributed by atoms with van der Waals surface area (Å²) in [5.74, 6) is 0. The van der Waals surface area contributed by atoms with Crippen molar-refractivity contribution in [2.75, 3.05) is 37.7 Å². The Kier molecular flexibility index (Phi) is 5.71.